The van der Waals surface area contributed by atoms with Gasteiger partial charge >= 0.3 is 6.03 Å². The molecular formula is C18H19N3O3. The highest BCUT2D eigenvalue weighted by Gasteiger charge is 2.48. The van der Waals surface area contributed by atoms with Crippen LogP contribution in [0.25, 0.3) is 0 Å². The van der Waals surface area contributed by atoms with Crippen LogP contribution in [0, 0.1) is 0 Å². The number of rotatable bonds is 4. The van der Waals surface area contributed by atoms with Crippen molar-refractivity contribution >= 4 is 17.6 Å². The number of carbonyl (C=O) groups is 2. The van der Waals surface area contributed by atoms with Gasteiger partial charge in [-0.3, -0.25) is 9.69 Å². The van der Waals surface area contributed by atoms with Crippen LogP contribution in [0.4, 0.5) is 10.5 Å². The maximum atomic E-state index is 12.9. The molecule has 6 heteroatoms. The minimum atomic E-state index is -1.11. The third-order valence-corrected chi connectivity index (χ3v) is 4.24. The Morgan fingerprint density at radius 3 is 2.54 bits per heavy atom. The van der Waals surface area contributed by atoms with E-state index in [1.807, 2.05) is 0 Å². The van der Waals surface area contributed by atoms with E-state index in [0.717, 1.165) is 5.56 Å². The van der Waals surface area contributed by atoms with Gasteiger partial charge in [0.05, 0.1) is 13.7 Å². The molecule has 3 rings (SSSR count). The highest BCUT2D eigenvalue weighted by molar-refractivity contribution is 6.07. The molecule has 0 spiro atoms. The van der Waals surface area contributed by atoms with E-state index in [1.54, 1.807) is 62.6 Å². The normalized spacial score (nSPS) is 20.2. The van der Waals surface area contributed by atoms with E-state index in [0.29, 0.717) is 17.0 Å². The SMILES string of the molecule is COc1cccc(C2(C)NC(=O)N(Cc3ccc(N)cc3)C2=O)c1. The average molecular weight is 325 g/mol. The molecule has 2 aromatic carbocycles. The van der Waals surface area contributed by atoms with Crippen molar-refractivity contribution in [2.45, 2.75) is 19.0 Å². The lowest BCUT2D eigenvalue weighted by atomic mass is 9.92. The first kappa shape index (κ1) is 15.9. The van der Waals surface area contributed by atoms with Crippen LogP contribution in [0.5, 0.6) is 5.75 Å². The topological polar surface area (TPSA) is 84.7 Å². The Morgan fingerprint density at radius 2 is 1.88 bits per heavy atom. The predicted molar refractivity (Wildman–Crippen MR) is 90.3 cm³/mol. The molecule has 3 amide bonds. The molecule has 1 aliphatic heterocycles. The Balaban J connectivity index is 1.88. The second kappa shape index (κ2) is 5.88. The van der Waals surface area contributed by atoms with Gasteiger partial charge in [-0.15, -0.1) is 0 Å². The van der Waals surface area contributed by atoms with Crippen LogP contribution in [0.3, 0.4) is 0 Å². The van der Waals surface area contributed by atoms with Crippen LogP contribution >= 0.6 is 0 Å². The first-order chi connectivity index (χ1) is 11.4. The summed E-state index contributed by atoms with van der Waals surface area (Å²) in [7, 11) is 1.56. The highest BCUT2D eigenvalue weighted by atomic mass is 16.5. The summed E-state index contributed by atoms with van der Waals surface area (Å²) in [5.41, 5.74) is 6.71. The minimum absolute atomic E-state index is 0.199. The van der Waals surface area contributed by atoms with E-state index in [2.05, 4.69) is 5.32 Å². The van der Waals surface area contributed by atoms with E-state index in [9.17, 15) is 9.59 Å². The fraction of sp³-hybridized carbons (Fsp3) is 0.222. The summed E-state index contributed by atoms with van der Waals surface area (Å²) < 4.78 is 5.21. The Kier molecular flexibility index (Phi) is 3.89. The van der Waals surface area contributed by atoms with Gasteiger partial charge < -0.3 is 15.8 Å². The Labute approximate surface area is 140 Å². The average Bonchev–Trinajstić information content (AvgIpc) is 2.81. The maximum absolute atomic E-state index is 12.9. The van der Waals surface area contributed by atoms with Gasteiger partial charge in [-0.1, -0.05) is 24.3 Å². The molecule has 1 fully saturated rings. The number of nitrogens with one attached hydrogen (secondary N) is 1. The molecule has 0 aliphatic carbocycles. The van der Waals surface area contributed by atoms with Crippen molar-refractivity contribution in [2.24, 2.45) is 0 Å². The Hall–Kier alpha value is -3.02. The zero-order chi connectivity index (χ0) is 17.3. The number of imide groups is 1. The number of hydrogen-bond donors (Lipinski definition) is 2. The molecule has 1 saturated heterocycles. The van der Waals surface area contributed by atoms with E-state index in [1.165, 1.54) is 4.90 Å². The van der Waals surface area contributed by atoms with Crippen LogP contribution in [0.1, 0.15) is 18.1 Å². The van der Waals surface area contributed by atoms with Crippen molar-refractivity contribution in [1.29, 1.82) is 0 Å². The monoisotopic (exact) mass is 325 g/mol. The molecule has 0 saturated carbocycles. The van der Waals surface area contributed by atoms with Crippen molar-refractivity contribution < 1.29 is 14.3 Å². The fourth-order valence-corrected chi connectivity index (χ4v) is 2.78. The summed E-state index contributed by atoms with van der Waals surface area (Å²) in [5.74, 6) is 0.338. The molecule has 0 radical (unpaired) electrons. The molecule has 0 bridgehead atoms. The lowest BCUT2D eigenvalue weighted by Gasteiger charge is -2.22. The standard InChI is InChI=1S/C18H19N3O3/c1-18(13-4-3-5-15(10-13)24-2)16(22)21(17(23)20-18)11-12-6-8-14(19)9-7-12/h3-10H,11,19H2,1-2H3,(H,20,23). The van der Waals surface area contributed by atoms with Crippen molar-refractivity contribution in [1.82, 2.24) is 10.2 Å². The molecule has 1 unspecified atom stereocenters. The number of urea groups is 1. The quantitative estimate of drug-likeness (QED) is 0.667. The molecule has 24 heavy (non-hydrogen) atoms. The van der Waals surface area contributed by atoms with E-state index in [-0.39, 0.29) is 12.5 Å². The highest BCUT2D eigenvalue weighted by Crippen LogP contribution is 2.31. The Morgan fingerprint density at radius 1 is 1.17 bits per heavy atom. The summed E-state index contributed by atoms with van der Waals surface area (Å²) in [5, 5.41) is 2.79. The summed E-state index contributed by atoms with van der Waals surface area (Å²) in [6, 6.07) is 13.8. The number of hydrogen-bond acceptors (Lipinski definition) is 4. The zero-order valence-electron chi connectivity index (χ0n) is 13.6. The minimum Gasteiger partial charge on any atom is -0.497 e. The number of nitrogens with two attached hydrogens (primary N) is 1. The van der Waals surface area contributed by atoms with Crippen LogP contribution in [0.2, 0.25) is 0 Å². The second-order valence-electron chi connectivity index (χ2n) is 5.92. The molecule has 2 aromatic rings. The fourth-order valence-electron chi connectivity index (χ4n) is 2.78. The van der Waals surface area contributed by atoms with Gasteiger partial charge in [0.2, 0.25) is 0 Å². The number of methoxy groups -OCH3 is 1. The molecule has 6 nitrogen and oxygen atoms in total. The van der Waals surface area contributed by atoms with E-state index < -0.39 is 11.6 Å². The smallest absolute Gasteiger partial charge is 0.325 e. The van der Waals surface area contributed by atoms with Gasteiger partial charge in [0.1, 0.15) is 11.3 Å². The summed E-state index contributed by atoms with van der Waals surface area (Å²) in [4.78, 5) is 26.4. The maximum Gasteiger partial charge on any atom is 0.325 e. The first-order valence-corrected chi connectivity index (χ1v) is 7.57. The Bertz CT molecular complexity index is 788. The summed E-state index contributed by atoms with van der Waals surface area (Å²) in [6.45, 7) is 1.90. The van der Waals surface area contributed by atoms with E-state index >= 15 is 0 Å². The van der Waals surface area contributed by atoms with Crippen LogP contribution < -0.4 is 15.8 Å². The number of nitrogen functional groups attached to an aromatic ring is 1. The number of carbonyl (C=O) groups excluding carboxylic acids is 2. The molecule has 124 valence electrons. The number of benzene rings is 2. The number of ether oxygens (including phenoxy) is 1. The third-order valence-electron chi connectivity index (χ3n) is 4.24. The van der Waals surface area contributed by atoms with Gasteiger partial charge in [0.25, 0.3) is 5.91 Å². The van der Waals surface area contributed by atoms with Crippen molar-refractivity contribution in [3.8, 4) is 5.75 Å². The molecule has 0 aromatic heterocycles. The van der Waals surface area contributed by atoms with Crippen LogP contribution in [-0.4, -0.2) is 23.9 Å². The van der Waals surface area contributed by atoms with Gasteiger partial charge in [0, 0.05) is 5.69 Å². The summed E-state index contributed by atoms with van der Waals surface area (Å²) >= 11 is 0. The molecular weight excluding hydrogens is 306 g/mol. The largest absolute Gasteiger partial charge is 0.497 e. The molecule has 1 aliphatic rings. The summed E-state index contributed by atoms with van der Waals surface area (Å²) in [6.07, 6.45) is 0. The zero-order valence-corrected chi connectivity index (χ0v) is 13.6. The molecule has 1 atom stereocenters. The molecule has 3 N–H and O–H groups in total. The van der Waals surface area contributed by atoms with E-state index in [4.69, 9.17) is 10.5 Å². The van der Waals surface area contributed by atoms with Crippen molar-refractivity contribution in [3.63, 3.8) is 0 Å². The third kappa shape index (κ3) is 2.67. The first-order valence-electron chi connectivity index (χ1n) is 7.57. The lowest BCUT2D eigenvalue weighted by Crippen LogP contribution is -2.40. The van der Waals surface area contributed by atoms with Crippen LogP contribution in [0.15, 0.2) is 48.5 Å². The predicted octanol–water partition coefficient (Wildman–Crippen LogP) is 2.24. The van der Waals surface area contributed by atoms with Gasteiger partial charge in [-0.25, -0.2) is 4.79 Å². The second-order valence-corrected chi connectivity index (χ2v) is 5.92. The van der Waals surface area contributed by atoms with Gasteiger partial charge in [-0.2, -0.15) is 0 Å². The van der Waals surface area contributed by atoms with Gasteiger partial charge in [-0.05, 0) is 42.3 Å². The molecule has 1 heterocycles. The lowest BCUT2D eigenvalue weighted by molar-refractivity contribution is -0.131. The van der Waals surface area contributed by atoms with Crippen LogP contribution in [-0.2, 0) is 16.9 Å². The number of nitrogens with zero attached hydrogens (tertiary/aromatic N) is 1. The van der Waals surface area contributed by atoms with Gasteiger partial charge in [0.15, 0.2) is 0 Å². The number of amides is 3. The van der Waals surface area contributed by atoms with Crippen molar-refractivity contribution in [3.05, 3.63) is 59.7 Å². The van der Waals surface area contributed by atoms with Crippen molar-refractivity contribution in [2.75, 3.05) is 12.8 Å². The number of anilines is 1.